The quantitative estimate of drug-likeness (QED) is 0.902. The molecular weight excluding hydrogens is 246 g/mol. The van der Waals surface area contributed by atoms with Crippen LogP contribution in [0, 0.1) is 0 Å². The van der Waals surface area contributed by atoms with Crippen LogP contribution in [-0.4, -0.2) is 16.6 Å². The summed E-state index contributed by atoms with van der Waals surface area (Å²) in [6.07, 6.45) is 7.52. The van der Waals surface area contributed by atoms with Crippen molar-refractivity contribution in [3.05, 3.63) is 53.6 Å². The normalized spacial score (nSPS) is 15.8. The van der Waals surface area contributed by atoms with Crippen LogP contribution in [0.4, 0.5) is 0 Å². The van der Waals surface area contributed by atoms with Crippen LogP contribution in [0.1, 0.15) is 48.7 Å². The SMILES string of the molecule is CNCc1cn(Cc2ccccc2)c(C2CCCC2)n1. The van der Waals surface area contributed by atoms with E-state index in [0.717, 1.165) is 18.8 Å². The Kier molecular flexibility index (Phi) is 4.16. The maximum atomic E-state index is 4.88. The van der Waals surface area contributed by atoms with Crippen molar-refractivity contribution in [2.24, 2.45) is 0 Å². The monoisotopic (exact) mass is 269 g/mol. The molecular formula is C17H23N3. The van der Waals surface area contributed by atoms with E-state index in [9.17, 15) is 0 Å². The fraction of sp³-hybridized carbons (Fsp3) is 0.471. The number of imidazole rings is 1. The van der Waals surface area contributed by atoms with E-state index in [0.29, 0.717) is 5.92 Å². The maximum absolute atomic E-state index is 4.88. The molecule has 0 atom stereocenters. The molecule has 3 nitrogen and oxygen atoms in total. The van der Waals surface area contributed by atoms with Crippen LogP contribution in [0.2, 0.25) is 0 Å². The first-order valence-electron chi connectivity index (χ1n) is 7.61. The van der Waals surface area contributed by atoms with Gasteiger partial charge in [0.1, 0.15) is 5.82 Å². The molecule has 3 heteroatoms. The third-order valence-corrected chi connectivity index (χ3v) is 4.13. The summed E-state index contributed by atoms with van der Waals surface area (Å²) in [4.78, 5) is 4.88. The smallest absolute Gasteiger partial charge is 0.112 e. The molecule has 0 amide bonds. The van der Waals surface area contributed by atoms with Crippen LogP contribution in [-0.2, 0) is 13.1 Å². The van der Waals surface area contributed by atoms with Crippen LogP contribution in [0.25, 0.3) is 0 Å². The molecule has 1 aromatic carbocycles. The van der Waals surface area contributed by atoms with Gasteiger partial charge in [-0.15, -0.1) is 0 Å². The fourth-order valence-electron chi connectivity index (χ4n) is 3.17. The van der Waals surface area contributed by atoms with Crippen LogP contribution >= 0.6 is 0 Å². The van der Waals surface area contributed by atoms with Gasteiger partial charge in [-0.3, -0.25) is 0 Å². The Morgan fingerprint density at radius 3 is 2.65 bits per heavy atom. The summed E-state index contributed by atoms with van der Waals surface area (Å²) in [5.41, 5.74) is 2.51. The van der Waals surface area contributed by atoms with Crippen molar-refractivity contribution in [2.45, 2.75) is 44.7 Å². The summed E-state index contributed by atoms with van der Waals surface area (Å²) in [7, 11) is 1.98. The molecule has 0 aliphatic heterocycles. The third-order valence-electron chi connectivity index (χ3n) is 4.13. The van der Waals surface area contributed by atoms with E-state index < -0.39 is 0 Å². The number of aromatic nitrogens is 2. The summed E-state index contributed by atoms with van der Waals surface area (Å²) < 4.78 is 2.36. The number of rotatable bonds is 5. The van der Waals surface area contributed by atoms with E-state index in [1.54, 1.807) is 0 Å². The van der Waals surface area contributed by atoms with E-state index in [-0.39, 0.29) is 0 Å². The van der Waals surface area contributed by atoms with Gasteiger partial charge in [-0.05, 0) is 25.5 Å². The first-order chi connectivity index (χ1) is 9.86. The predicted octanol–water partition coefficient (Wildman–Crippen LogP) is 3.31. The molecule has 1 aromatic heterocycles. The van der Waals surface area contributed by atoms with Crippen molar-refractivity contribution in [2.75, 3.05) is 7.05 Å². The molecule has 1 aliphatic rings. The Labute approximate surface area is 121 Å². The summed E-state index contributed by atoms with van der Waals surface area (Å²) in [5, 5.41) is 3.20. The number of hydrogen-bond donors (Lipinski definition) is 1. The van der Waals surface area contributed by atoms with E-state index in [2.05, 4.69) is 46.4 Å². The average Bonchev–Trinajstić information content (AvgIpc) is 3.10. The minimum absolute atomic E-state index is 0.657. The lowest BCUT2D eigenvalue weighted by Crippen LogP contribution is -2.07. The summed E-state index contributed by atoms with van der Waals surface area (Å²) in [6, 6.07) is 10.7. The van der Waals surface area contributed by atoms with Gasteiger partial charge in [-0.2, -0.15) is 0 Å². The molecule has 1 fully saturated rings. The van der Waals surface area contributed by atoms with Crippen molar-refractivity contribution >= 4 is 0 Å². The molecule has 0 spiro atoms. The Morgan fingerprint density at radius 1 is 1.20 bits per heavy atom. The zero-order chi connectivity index (χ0) is 13.8. The Balaban J connectivity index is 1.87. The average molecular weight is 269 g/mol. The maximum Gasteiger partial charge on any atom is 0.112 e. The molecule has 3 rings (SSSR count). The van der Waals surface area contributed by atoms with Gasteiger partial charge in [0.15, 0.2) is 0 Å². The lowest BCUT2D eigenvalue weighted by molar-refractivity contribution is 0.609. The minimum Gasteiger partial charge on any atom is -0.330 e. The number of nitrogens with zero attached hydrogens (tertiary/aromatic N) is 2. The van der Waals surface area contributed by atoms with Gasteiger partial charge in [0.25, 0.3) is 0 Å². The van der Waals surface area contributed by atoms with Crippen LogP contribution in [0.15, 0.2) is 36.5 Å². The number of nitrogens with one attached hydrogen (secondary N) is 1. The molecule has 106 valence electrons. The molecule has 1 heterocycles. The van der Waals surface area contributed by atoms with Crippen molar-refractivity contribution in [3.63, 3.8) is 0 Å². The van der Waals surface area contributed by atoms with Crippen molar-refractivity contribution in [3.8, 4) is 0 Å². The Hall–Kier alpha value is -1.61. The second-order valence-electron chi connectivity index (χ2n) is 5.72. The van der Waals surface area contributed by atoms with Crippen molar-refractivity contribution < 1.29 is 0 Å². The van der Waals surface area contributed by atoms with E-state index in [1.165, 1.54) is 37.1 Å². The van der Waals surface area contributed by atoms with Gasteiger partial charge in [0, 0.05) is 25.2 Å². The largest absolute Gasteiger partial charge is 0.330 e. The standard InChI is InChI=1S/C17H23N3/c1-18-11-16-13-20(12-14-7-3-2-4-8-14)17(19-16)15-9-5-6-10-15/h2-4,7-8,13,15,18H,5-6,9-12H2,1H3. The van der Waals surface area contributed by atoms with Gasteiger partial charge in [0.2, 0.25) is 0 Å². The topological polar surface area (TPSA) is 29.9 Å². The first kappa shape index (κ1) is 13.4. The van der Waals surface area contributed by atoms with Gasteiger partial charge in [-0.25, -0.2) is 4.98 Å². The zero-order valence-corrected chi connectivity index (χ0v) is 12.2. The van der Waals surface area contributed by atoms with E-state index in [4.69, 9.17) is 4.98 Å². The molecule has 1 aliphatic carbocycles. The predicted molar refractivity (Wildman–Crippen MR) is 81.7 cm³/mol. The molecule has 0 unspecified atom stereocenters. The molecule has 0 radical (unpaired) electrons. The van der Waals surface area contributed by atoms with Gasteiger partial charge < -0.3 is 9.88 Å². The lowest BCUT2D eigenvalue weighted by Gasteiger charge is -2.12. The summed E-state index contributed by atoms with van der Waals surface area (Å²) in [6.45, 7) is 1.78. The van der Waals surface area contributed by atoms with Gasteiger partial charge in [0.05, 0.1) is 5.69 Å². The summed E-state index contributed by atoms with van der Waals surface area (Å²) >= 11 is 0. The molecule has 0 bridgehead atoms. The number of hydrogen-bond acceptors (Lipinski definition) is 2. The van der Waals surface area contributed by atoms with Crippen LogP contribution < -0.4 is 5.32 Å². The molecule has 1 N–H and O–H groups in total. The van der Waals surface area contributed by atoms with E-state index >= 15 is 0 Å². The second-order valence-corrected chi connectivity index (χ2v) is 5.72. The molecule has 1 saturated carbocycles. The third kappa shape index (κ3) is 2.93. The first-order valence-corrected chi connectivity index (χ1v) is 7.61. The van der Waals surface area contributed by atoms with E-state index in [1.807, 2.05) is 7.05 Å². The highest BCUT2D eigenvalue weighted by molar-refractivity contribution is 5.18. The minimum atomic E-state index is 0.657. The second kappa shape index (κ2) is 6.23. The highest BCUT2D eigenvalue weighted by atomic mass is 15.1. The molecule has 20 heavy (non-hydrogen) atoms. The highest BCUT2D eigenvalue weighted by Crippen LogP contribution is 2.33. The molecule has 0 saturated heterocycles. The van der Waals surface area contributed by atoms with Crippen molar-refractivity contribution in [1.82, 2.24) is 14.9 Å². The Morgan fingerprint density at radius 2 is 1.95 bits per heavy atom. The zero-order valence-electron chi connectivity index (χ0n) is 12.2. The van der Waals surface area contributed by atoms with Crippen molar-refractivity contribution in [1.29, 1.82) is 0 Å². The highest BCUT2D eigenvalue weighted by Gasteiger charge is 2.22. The van der Waals surface area contributed by atoms with Crippen LogP contribution in [0.5, 0.6) is 0 Å². The molecule has 2 aromatic rings. The number of benzene rings is 1. The fourth-order valence-corrected chi connectivity index (χ4v) is 3.17. The lowest BCUT2D eigenvalue weighted by atomic mass is 10.1. The Bertz CT molecular complexity index is 539. The van der Waals surface area contributed by atoms with Gasteiger partial charge in [-0.1, -0.05) is 43.2 Å². The summed E-state index contributed by atoms with van der Waals surface area (Å²) in [5.74, 6) is 1.95. The van der Waals surface area contributed by atoms with Gasteiger partial charge >= 0.3 is 0 Å². The van der Waals surface area contributed by atoms with Crippen LogP contribution in [0.3, 0.4) is 0 Å².